The second kappa shape index (κ2) is 7.68. The van der Waals surface area contributed by atoms with Gasteiger partial charge in [-0.2, -0.15) is 0 Å². The van der Waals surface area contributed by atoms with E-state index in [0.29, 0.717) is 24.4 Å². The van der Waals surface area contributed by atoms with E-state index in [4.69, 9.17) is 9.47 Å². The predicted octanol–water partition coefficient (Wildman–Crippen LogP) is 3.59. The quantitative estimate of drug-likeness (QED) is 0.503. The third-order valence-corrected chi connectivity index (χ3v) is 4.72. The van der Waals surface area contributed by atoms with Crippen LogP contribution in [0.15, 0.2) is 60.8 Å². The lowest BCUT2D eigenvalue weighted by Crippen LogP contribution is -2.27. The van der Waals surface area contributed by atoms with E-state index in [0.717, 1.165) is 16.8 Å². The molecule has 3 aromatic rings. The first-order valence-corrected chi connectivity index (χ1v) is 9.24. The van der Waals surface area contributed by atoms with Crippen LogP contribution in [-0.4, -0.2) is 30.0 Å². The molecule has 1 fully saturated rings. The number of esters is 1. The molecule has 0 saturated carbocycles. The van der Waals surface area contributed by atoms with Crippen molar-refractivity contribution in [3.63, 3.8) is 0 Å². The Balaban J connectivity index is 1.48. The van der Waals surface area contributed by atoms with Crippen molar-refractivity contribution in [2.45, 2.75) is 13.3 Å². The molecule has 0 spiro atoms. The average Bonchev–Trinajstić information content (AvgIpc) is 3.11. The number of para-hydroxylation sites is 1. The van der Waals surface area contributed by atoms with E-state index >= 15 is 0 Å². The van der Waals surface area contributed by atoms with Gasteiger partial charge in [-0.25, -0.2) is 0 Å². The molecule has 6 heteroatoms. The first-order chi connectivity index (χ1) is 13.7. The molecule has 1 aliphatic rings. The fourth-order valence-corrected chi connectivity index (χ4v) is 3.35. The highest BCUT2D eigenvalue weighted by Crippen LogP contribution is 2.29. The molecule has 1 saturated heterocycles. The van der Waals surface area contributed by atoms with Gasteiger partial charge in [0.2, 0.25) is 5.91 Å². The third-order valence-electron chi connectivity index (χ3n) is 4.72. The van der Waals surface area contributed by atoms with Crippen molar-refractivity contribution in [1.29, 1.82) is 0 Å². The lowest BCUT2D eigenvalue weighted by Gasteiger charge is -2.17. The van der Waals surface area contributed by atoms with Crippen LogP contribution in [0.25, 0.3) is 10.9 Å². The van der Waals surface area contributed by atoms with Crippen molar-refractivity contribution in [3.8, 4) is 11.5 Å². The Morgan fingerprint density at radius 2 is 1.93 bits per heavy atom. The molecule has 1 aromatic heterocycles. The summed E-state index contributed by atoms with van der Waals surface area (Å²) in [4.78, 5) is 31.0. The molecule has 1 atom stereocenters. The van der Waals surface area contributed by atoms with Crippen LogP contribution >= 0.6 is 0 Å². The number of rotatable bonds is 5. The Bertz CT molecular complexity index is 1010. The zero-order valence-corrected chi connectivity index (χ0v) is 15.5. The number of aromatic nitrogens is 1. The lowest BCUT2D eigenvalue weighted by molar-refractivity contribution is -0.139. The maximum Gasteiger partial charge on any atom is 0.316 e. The smallest absolute Gasteiger partial charge is 0.316 e. The van der Waals surface area contributed by atoms with Crippen molar-refractivity contribution >= 4 is 28.5 Å². The van der Waals surface area contributed by atoms with Gasteiger partial charge >= 0.3 is 5.97 Å². The molecule has 0 aliphatic carbocycles. The topological polar surface area (TPSA) is 68.7 Å². The summed E-state index contributed by atoms with van der Waals surface area (Å²) in [6.45, 7) is 2.79. The van der Waals surface area contributed by atoms with Gasteiger partial charge in [-0.05, 0) is 43.3 Å². The fraction of sp³-hybridized carbons (Fsp3) is 0.227. The summed E-state index contributed by atoms with van der Waals surface area (Å²) >= 11 is 0. The minimum Gasteiger partial charge on any atom is -0.494 e. The van der Waals surface area contributed by atoms with Crippen LogP contribution in [0.4, 0.5) is 5.69 Å². The molecule has 2 heterocycles. The van der Waals surface area contributed by atoms with Crippen LogP contribution in [0, 0.1) is 5.92 Å². The molecule has 142 valence electrons. The van der Waals surface area contributed by atoms with Gasteiger partial charge < -0.3 is 14.4 Å². The van der Waals surface area contributed by atoms with Gasteiger partial charge in [-0.1, -0.05) is 18.2 Å². The molecule has 0 bridgehead atoms. The molecule has 0 N–H and O–H groups in total. The van der Waals surface area contributed by atoms with E-state index in [1.165, 1.54) is 0 Å². The average molecular weight is 376 g/mol. The summed E-state index contributed by atoms with van der Waals surface area (Å²) in [5.74, 6) is 0.132. The molecule has 1 aliphatic heterocycles. The van der Waals surface area contributed by atoms with Crippen LogP contribution in [0.1, 0.15) is 13.3 Å². The number of anilines is 1. The largest absolute Gasteiger partial charge is 0.494 e. The summed E-state index contributed by atoms with van der Waals surface area (Å²) < 4.78 is 11.0. The number of amides is 1. The van der Waals surface area contributed by atoms with Crippen LogP contribution in [0.3, 0.4) is 0 Å². The third kappa shape index (κ3) is 3.53. The molecular weight excluding hydrogens is 356 g/mol. The number of carbonyl (C=O) groups is 2. The number of hydrogen-bond donors (Lipinski definition) is 0. The van der Waals surface area contributed by atoms with Gasteiger partial charge in [0.25, 0.3) is 0 Å². The van der Waals surface area contributed by atoms with Crippen molar-refractivity contribution in [2.75, 3.05) is 18.1 Å². The second-order valence-corrected chi connectivity index (χ2v) is 6.58. The molecule has 0 radical (unpaired) electrons. The zero-order chi connectivity index (χ0) is 19.5. The highest BCUT2D eigenvalue weighted by Gasteiger charge is 2.36. The number of hydrogen-bond acceptors (Lipinski definition) is 5. The Hall–Kier alpha value is -3.41. The SMILES string of the molecule is CCOc1ccc(N2C[C@H](C(=O)Oc3cccc4cccnc34)CC2=O)cc1. The van der Waals surface area contributed by atoms with Crippen molar-refractivity contribution in [1.82, 2.24) is 4.98 Å². The Morgan fingerprint density at radius 3 is 2.71 bits per heavy atom. The van der Waals surface area contributed by atoms with Gasteiger partial charge in [0.1, 0.15) is 11.3 Å². The lowest BCUT2D eigenvalue weighted by atomic mass is 10.1. The fourth-order valence-electron chi connectivity index (χ4n) is 3.35. The summed E-state index contributed by atoms with van der Waals surface area (Å²) in [7, 11) is 0. The predicted molar refractivity (Wildman–Crippen MR) is 105 cm³/mol. The monoisotopic (exact) mass is 376 g/mol. The van der Waals surface area contributed by atoms with Crippen LogP contribution in [0.2, 0.25) is 0 Å². The number of carbonyl (C=O) groups excluding carboxylic acids is 2. The van der Waals surface area contributed by atoms with Gasteiger partial charge in [-0.3, -0.25) is 14.6 Å². The zero-order valence-electron chi connectivity index (χ0n) is 15.5. The van der Waals surface area contributed by atoms with E-state index in [2.05, 4.69) is 4.98 Å². The molecule has 6 nitrogen and oxygen atoms in total. The molecule has 28 heavy (non-hydrogen) atoms. The summed E-state index contributed by atoms with van der Waals surface area (Å²) in [6.07, 6.45) is 1.79. The van der Waals surface area contributed by atoms with Crippen molar-refractivity contribution in [2.24, 2.45) is 5.92 Å². The summed E-state index contributed by atoms with van der Waals surface area (Å²) in [5.41, 5.74) is 1.38. The van der Waals surface area contributed by atoms with E-state index in [9.17, 15) is 9.59 Å². The van der Waals surface area contributed by atoms with Crippen LogP contribution in [0.5, 0.6) is 11.5 Å². The minimum absolute atomic E-state index is 0.0952. The molecule has 2 aromatic carbocycles. The van der Waals surface area contributed by atoms with Gasteiger partial charge in [-0.15, -0.1) is 0 Å². The van der Waals surface area contributed by atoms with E-state index < -0.39 is 11.9 Å². The second-order valence-electron chi connectivity index (χ2n) is 6.58. The molecule has 4 rings (SSSR count). The molecule has 0 unspecified atom stereocenters. The number of ether oxygens (including phenoxy) is 2. The Morgan fingerprint density at radius 1 is 1.14 bits per heavy atom. The van der Waals surface area contributed by atoms with E-state index in [1.54, 1.807) is 17.2 Å². The number of fused-ring (bicyclic) bond motifs is 1. The molecule has 1 amide bonds. The maximum absolute atomic E-state index is 12.7. The Kier molecular flexibility index (Phi) is 4.93. The van der Waals surface area contributed by atoms with Crippen LogP contribution < -0.4 is 14.4 Å². The van der Waals surface area contributed by atoms with Gasteiger partial charge in [0.05, 0.1) is 12.5 Å². The number of nitrogens with zero attached hydrogens (tertiary/aromatic N) is 2. The summed E-state index contributed by atoms with van der Waals surface area (Å²) in [6, 6.07) is 16.5. The Labute approximate surface area is 162 Å². The number of benzene rings is 2. The van der Waals surface area contributed by atoms with E-state index in [-0.39, 0.29) is 12.3 Å². The first kappa shape index (κ1) is 18.0. The first-order valence-electron chi connectivity index (χ1n) is 9.24. The van der Waals surface area contributed by atoms with Gasteiger partial charge in [0.15, 0.2) is 5.75 Å². The highest BCUT2D eigenvalue weighted by atomic mass is 16.5. The van der Waals surface area contributed by atoms with Crippen LogP contribution in [-0.2, 0) is 9.59 Å². The van der Waals surface area contributed by atoms with Crippen molar-refractivity contribution < 1.29 is 19.1 Å². The normalized spacial score (nSPS) is 16.4. The van der Waals surface area contributed by atoms with Crippen molar-refractivity contribution in [3.05, 3.63) is 60.8 Å². The highest BCUT2D eigenvalue weighted by molar-refractivity contribution is 6.00. The van der Waals surface area contributed by atoms with Gasteiger partial charge in [0, 0.05) is 30.2 Å². The number of pyridine rings is 1. The standard InChI is InChI=1S/C22H20N2O4/c1-2-27-18-10-8-17(9-11-18)24-14-16(13-20(24)25)22(26)28-19-7-3-5-15-6-4-12-23-21(15)19/h3-12,16H,2,13-14H2,1H3/t16-/m1/s1. The van der Waals surface area contributed by atoms with E-state index in [1.807, 2.05) is 55.5 Å². The minimum atomic E-state index is -0.516. The maximum atomic E-state index is 12.7. The summed E-state index contributed by atoms with van der Waals surface area (Å²) in [5, 5.41) is 0.895. The molecular formula is C22H20N2O4.